The lowest BCUT2D eigenvalue weighted by Crippen LogP contribution is -2.00. The van der Waals surface area contributed by atoms with E-state index in [4.69, 9.17) is 4.98 Å². The molecule has 7 nitrogen and oxygen atoms in total. The Kier molecular flexibility index (Phi) is 4.96. The van der Waals surface area contributed by atoms with Gasteiger partial charge < -0.3 is 14.8 Å². The van der Waals surface area contributed by atoms with Crippen LogP contribution < -0.4 is 0 Å². The molecule has 0 amide bonds. The minimum absolute atomic E-state index is 0.0595. The van der Waals surface area contributed by atoms with E-state index in [0.717, 1.165) is 41.1 Å². The fourth-order valence-corrected chi connectivity index (χ4v) is 3.91. The summed E-state index contributed by atoms with van der Waals surface area (Å²) < 4.78 is 3.97. The van der Waals surface area contributed by atoms with E-state index in [1.54, 1.807) is 10.6 Å². The molecule has 0 fully saturated rings. The minimum Gasteiger partial charge on any atom is -0.508 e. The monoisotopic (exact) mass is 409 g/mol. The summed E-state index contributed by atoms with van der Waals surface area (Å²) in [5.41, 5.74) is 3.96. The quantitative estimate of drug-likeness (QED) is 0.429. The van der Waals surface area contributed by atoms with Gasteiger partial charge in [0.05, 0.1) is 22.3 Å². The summed E-state index contributed by atoms with van der Waals surface area (Å²) in [6.07, 6.45) is 1.66. The molecule has 0 radical (unpaired) electrons. The zero-order valence-corrected chi connectivity index (χ0v) is 17.5. The van der Waals surface area contributed by atoms with Crippen molar-refractivity contribution in [2.24, 2.45) is 0 Å². The van der Waals surface area contributed by atoms with E-state index in [1.165, 1.54) is 6.07 Å². The second-order valence-corrected chi connectivity index (χ2v) is 7.39. The van der Waals surface area contributed by atoms with Crippen LogP contribution in [0.1, 0.15) is 31.7 Å². The lowest BCUT2D eigenvalue weighted by atomic mass is 10.1. The minimum atomic E-state index is -0.0640. The van der Waals surface area contributed by atoms with Gasteiger partial charge in [-0.2, -0.15) is 0 Å². The highest BCUT2D eigenvalue weighted by Gasteiger charge is 2.19. The fourth-order valence-electron chi connectivity index (χ4n) is 3.66. The zero-order valence-electron chi connectivity index (χ0n) is 16.6. The van der Waals surface area contributed by atoms with Crippen molar-refractivity contribution < 1.29 is 10.2 Å². The third kappa shape index (κ3) is 3.23. The molecule has 0 spiro atoms. The van der Waals surface area contributed by atoms with E-state index in [2.05, 4.69) is 34.3 Å². The molecule has 29 heavy (non-hydrogen) atoms. The van der Waals surface area contributed by atoms with Crippen LogP contribution in [-0.4, -0.2) is 34.5 Å². The zero-order chi connectivity index (χ0) is 20.7. The maximum absolute atomic E-state index is 10.4. The SMILES string of the molecule is CCCn1c(C)nc2cc(-n3c(S)nnc3-c3cc(CC)c(O)cc3O)ccc21. The number of hydrogen-bond acceptors (Lipinski definition) is 6. The van der Waals surface area contributed by atoms with E-state index < -0.39 is 0 Å². The summed E-state index contributed by atoms with van der Waals surface area (Å²) in [5, 5.41) is 29.2. The Labute approximate surface area is 174 Å². The highest BCUT2D eigenvalue weighted by molar-refractivity contribution is 7.80. The number of fused-ring (bicyclic) bond motifs is 1. The number of hydrogen-bond donors (Lipinski definition) is 3. The maximum Gasteiger partial charge on any atom is 0.193 e. The van der Waals surface area contributed by atoms with Gasteiger partial charge in [0.2, 0.25) is 0 Å². The van der Waals surface area contributed by atoms with Crippen molar-refractivity contribution in [3.63, 3.8) is 0 Å². The number of thiol groups is 1. The maximum atomic E-state index is 10.4. The van der Waals surface area contributed by atoms with Gasteiger partial charge >= 0.3 is 0 Å². The number of phenolic OH excluding ortho intramolecular Hbond substituents is 2. The molecule has 0 unspecified atom stereocenters. The van der Waals surface area contributed by atoms with Crippen LogP contribution in [-0.2, 0) is 13.0 Å². The number of phenols is 2. The second-order valence-electron chi connectivity index (χ2n) is 6.99. The third-order valence-electron chi connectivity index (χ3n) is 5.09. The molecule has 4 rings (SSSR count). The van der Waals surface area contributed by atoms with Gasteiger partial charge in [0.25, 0.3) is 0 Å². The average Bonchev–Trinajstić information content (AvgIpc) is 3.21. The first kappa shape index (κ1) is 19.3. The average molecular weight is 410 g/mol. The van der Waals surface area contributed by atoms with Gasteiger partial charge in [-0.1, -0.05) is 13.8 Å². The van der Waals surface area contributed by atoms with Crippen LogP contribution in [0.15, 0.2) is 35.5 Å². The van der Waals surface area contributed by atoms with Crippen molar-refractivity contribution in [3.05, 3.63) is 41.7 Å². The van der Waals surface area contributed by atoms with E-state index >= 15 is 0 Å². The van der Waals surface area contributed by atoms with Crippen LogP contribution in [0, 0.1) is 6.92 Å². The molecule has 0 aliphatic heterocycles. The van der Waals surface area contributed by atoms with E-state index in [0.29, 0.717) is 23.0 Å². The Morgan fingerprint density at radius 3 is 2.55 bits per heavy atom. The van der Waals surface area contributed by atoms with Crippen molar-refractivity contribution in [3.8, 4) is 28.6 Å². The fraction of sp³-hybridized carbons (Fsp3) is 0.286. The Morgan fingerprint density at radius 2 is 1.83 bits per heavy atom. The smallest absolute Gasteiger partial charge is 0.193 e. The van der Waals surface area contributed by atoms with E-state index in [9.17, 15) is 10.2 Å². The van der Waals surface area contributed by atoms with Crippen LogP contribution in [0.25, 0.3) is 28.1 Å². The first-order valence-corrected chi connectivity index (χ1v) is 10.1. The Bertz CT molecular complexity index is 1210. The summed E-state index contributed by atoms with van der Waals surface area (Å²) in [6, 6.07) is 9.05. The normalized spacial score (nSPS) is 11.4. The molecular formula is C21H23N5O2S. The number of nitrogens with zero attached hydrogens (tertiary/aromatic N) is 5. The number of aromatic nitrogens is 5. The van der Waals surface area contributed by atoms with Crippen molar-refractivity contribution >= 4 is 23.7 Å². The van der Waals surface area contributed by atoms with Crippen LogP contribution in [0.5, 0.6) is 11.5 Å². The highest BCUT2D eigenvalue weighted by Crippen LogP contribution is 2.36. The Hall–Kier alpha value is -3.00. The van der Waals surface area contributed by atoms with Gasteiger partial charge in [0.1, 0.15) is 17.3 Å². The van der Waals surface area contributed by atoms with Gasteiger partial charge in [0.15, 0.2) is 11.0 Å². The molecule has 2 N–H and O–H groups in total. The molecule has 0 aliphatic rings. The molecular weight excluding hydrogens is 386 g/mol. The lowest BCUT2D eigenvalue weighted by Gasteiger charge is -2.12. The standard InChI is InChI=1S/C21H23N5O2S/c1-4-8-25-12(3)22-16-10-14(6-7-17(16)25)26-20(23-24-21(26)29)15-9-13(5-2)18(27)11-19(15)28/h6-7,9-11,27-28H,4-5,8H2,1-3H3,(H,24,29). The summed E-state index contributed by atoms with van der Waals surface area (Å²) in [6.45, 7) is 7.00. The van der Waals surface area contributed by atoms with Gasteiger partial charge in [-0.15, -0.1) is 22.8 Å². The lowest BCUT2D eigenvalue weighted by molar-refractivity contribution is 0.447. The molecule has 2 aromatic carbocycles. The van der Waals surface area contributed by atoms with E-state index in [1.807, 2.05) is 32.0 Å². The number of aromatic hydroxyl groups is 2. The molecule has 0 atom stereocenters. The third-order valence-corrected chi connectivity index (χ3v) is 5.38. The van der Waals surface area contributed by atoms with Crippen molar-refractivity contribution in [1.29, 1.82) is 0 Å². The van der Waals surface area contributed by atoms with Crippen molar-refractivity contribution in [1.82, 2.24) is 24.3 Å². The highest BCUT2D eigenvalue weighted by atomic mass is 32.1. The van der Waals surface area contributed by atoms with Gasteiger partial charge in [-0.25, -0.2) is 4.98 Å². The molecule has 2 heterocycles. The number of aryl methyl sites for hydroxylation is 3. The molecule has 150 valence electrons. The van der Waals surface area contributed by atoms with Gasteiger partial charge in [0, 0.05) is 12.6 Å². The summed E-state index contributed by atoms with van der Waals surface area (Å²) in [7, 11) is 0. The predicted octanol–water partition coefficient (Wildman–Crippen LogP) is 4.26. The summed E-state index contributed by atoms with van der Waals surface area (Å²) in [4.78, 5) is 4.69. The first-order valence-electron chi connectivity index (χ1n) is 9.61. The number of benzene rings is 2. The molecule has 2 aromatic heterocycles. The van der Waals surface area contributed by atoms with Gasteiger partial charge in [-0.3, -0.25) is 4.57 Å². The second kappa shape index (κ2) is 7.44. The molecule has 4 aromatic rings. The summed E-state index contributed by atoms with van der Waals surface area (Å²) in [5.74, 6) is 1.42. The number of imidazole rings is 1. The Morgan fingerprint density at radius 1 is 1.03 bits per heavy atom. The molecule has 0 saturated heterocycles. The van der Waals surface area contributed by atoms with Crippen LogP contribution >= 0.6 is 12.6 Å². The molecule has 0 bridgehead atoms. The molecule has 0 saturated carbocycles. The van der Waals surface area contributed by atoms with Crippen molar-refractivity contribution in [2.75, 3.05) is 0 Å². The predicted molar refractivity (Wildman–Crippen MR) is 115 cm³/mol. The van der Waals surface area contributed by atoms with E-state index in [-0.39, 0.29) is 11.5 Å². The van der Waals surface area contributed by atoms with Crippen LogP contribution in [0.2, 0.25) is 0 Å². The number of rotatable bonds is 5. The molecule has 8 heteroatoms. The van der Waals surface area contributed by atoms with Crippen LogP contribution in [0.4, 0.5) is 0 Å². The first-order chi connectivity index (χ1) is 13.9. The summed E-state index contributed by atoms with van der Waals surface area (Å²) >= 11 is 4.47. The molecule has 0 aliphatic carbocycles. The van der Waals surface area contributed by atoms with Gasteiger partial charge in [-0.05, 0) is 49.6 Å². The van der Waals surface area contributed by atoms with Crippen molar-refractivity contribution in [2.45, 2.75) is 45.3 Å². The Balaban J connectivity index is 1.89. The topological polar surface area (TPSA) is 89.0 Å². The van der Waals surface area contributed by atoms with Crippen LogP contribution in [0.3, 0.4) is 0 Å². The largest absolute Gasteiger partial charge is 0.508 e.